The van der Waals surface area contributed by atoms with Crippen molar-refractivity contribution in [1.29, 1.82) is 0 Å². The van der Waals surface area contributed by atoms with Gasteiger partial charge in [0.15, 0.2) is 0 Å². The lowest BCUT2D eigenvalue weighted by atomic mass is 9.83. The highest BCUT2D eigenvalue weighted by Crippen LogP contribution is 2.34. The number of hydrogen-bond acceptors (Lipinski definition) is 1. The second-order valence-corrected chi connectivity index (χ2v) is 5.79. The molecule has 0 bridgehead atoms. The van der Waals surface area contributed by atoms with Crippen molar-refractivity contribution in [2.45, 2.75) is 64.8 Å². The summed E-state index contributed by atoms with van der Waals surface area (Å²) in [5.74, 6) is 1.36. The van der Waals surface area contributed by atoms with E-state index in [1.54, 1.807) is 0 Å². The minimum atomic E-state index is 0.171. The molecule has 1 aliphatic carbocycles. The molecule has 2 fully saturated rings. The monoisotopic (exact) mass is 223 g/mol. The van der Waals surface area contributed by atoms with Crippen LogP contribution in [0.1, 0.15) is 58.8 Å². The second kappa shape index (κ2) is 5.20. The molecule has 2 nitrogen and oxygen atoms in total. The molecule has 0 aromatic heterocycles. The van der Waals surface area contributed by atoms with Crippen molar-refractivity contribution in [2.24, 2.45) is 11.8 Å². The van der Waals surface area contributed by atoms with Crippen molar-refractivity contribution in [3.63, 3.8) is 0 Å². The van der Waals surface area contributed by atoms with Gasteiger partial charge in [0.25, 0.3) is 0 Å². The molecule has 0 spiro atoms. The van der Waals surface area contributed by atoms with Gasteiger partial charge in [-0.1, -0.05) is 33.1 Å². The maximum absolute atomic E-state index is 12.1. The average Bonchev–Trinajstić information content (AvgIpc) is 2.77. The number of nitrogens with zero attached hydrogens (tertiary/aromatic N) is 1. The predicted molar refractivity (Wildman–Crippen MR) is 66.1 cm³/mol. The third-order valence-corrected chi connectivity index (χ3v) is 4.27. The molecule has 1 unspecified atom stereocenters. The van der Waals surface area contributed by atoms with Gasteiger partial charge in [-0.15, -0.1) is 0 Å². The quantitative estimate of drug-likeness (QED) is 0.704. The number of carbonyl (C=O) groups is 1. The Hall–Kier alpha value is -0.530. The molecule has 1 heterocycles. The van der Waals surface area contributed by atoms with Crippen molar-refractivity contribution in [2.75, 3.05) is 6.54 Å². The zero-order chi connectivity index (χ0) is 11.5. The fourth-order valence-corrected chi connectivity index (χ4v) is 3.41. The molecule has 1 atom stereocenters. The van der Waals surface area contributed by atoms with Crippen molar-refractivity contribution >= 4 is 5.91 Å². The maximum atomic E-state index is 12.1. The maximum Gasteiger partial charge on any atom is 0.225 e. The van der Waals surface area contributed by atoms with Crippen molar-refractivity contribution in [1.82, 2.24) is 4.90 Å². The van der Waals surface area contributed by atoms with Gasteiger partial charge in [-0.2, -0.15) is 0 Å². The van der Waals surface area contributed by atoms with Crippen molar-refractivity contribution < 1.29 is 4.79 Å². The van der Waals surface area contributed by atoms with Crippen LogP contribution in [0.4, 0.5) is 0 Å². The fraction of sp³-hybridized carbons (Fsp3) is 0.929. The molecule has 0 aromatic carbocycles. The zero-order valence-electron chi connectivity index (χ0n) is 10.7. The van der Waals surface area contributed by atoms with Crippen LogP contribution < -0.4 is 0 Å². The highest BCUT2D eigenvalue weighted by Gasteiger charge is 2.35. The van der Waals surface area contributed by atoms with Crippen LogP contribution in [0.15, 0.2) is 0 Å². The molecule has 2 rings (SSSR count). The molecule has 0 aromatic rings. The molecular formula is C14H25NO. The molecular weight excluding hydrogens is 198 g/mol. The van der Waals surface area contributed by atoms with Gasteiger partial charge in [-0.25, -0.2) is 0 Å². The number of amides is 1. The Morgan fingerprint density at radius 3 is 2.38 bits per heavy atom. The van der Waals surface area contributed by atoms with E-state index in [-0.39, 0.29) is 5.92 Å². The zero-order valence-corrected chi connectivity index (χ0v) is 10.7. The molecule has 1 saturated heterocycles. The van der Waals surface area contributed by atoms with Crippen LogP contribution in [0, 0.1) is 11.8 Å². The topological polar surface area (TPSA) is 20.3 Å². The first kappa shape index (κ1) is 11.9. The third-order valence-electron chi connectivity index (χ3n) is 4.27. The normalized spacial score (nSPS) is 27.7. The number of likely N-dealkylation sites (tertiary alicyclic amines) is 1. The molecule has 1 saturated carbocycles. The number of rotatable bonds is 2. The van der Waals surface area contributed by atoms with Crippen LogP contribution in [0.2, 0.25) is 0 Å². The molecule has 2 aliphatic rings. The Labute approximate surface area is 99.4 Å². The van der Waals surface area contributed by atoms with Crippen molar-refractivity contribution in [3.05, 3.63) is 0 Å². The fourth-order valence-electron chi connectivity index (χ4n) is 3.41. The van der Waals surface area contributed by atoms with E-state index in [2.05, 4.69) is 4.90 Å². The van der Waals surface area contributed by atoms with Crippen LogP contribution in [-0.2, 0) is 4.79 Å². The van der Waals surface area contributed by atoms with Gasteiger partial charge in [0.2, 0.25) is 5.91 Å². The number of carbonyl (C=O) groups excluding carboxylic acids is 1. The Kier molecular flexibility index (Phi) is 3.88. The Morgan fingerprint density at radius 2 is 1.75 bits per heavy atom. The molecule has 16 heavy (non-hydrogen) atoms. The Balaban J connectivity index is 1.99. The van der Waals surface area contributed by atoms with Gasteiger partial charge in [-0.05, 0) is 31.6 Å². The lowest BCUT2D eigenvalue weighted by Crippen LogP contribution is -2.42. The average molecular weight is 223 g/mol. The third kappa shape index (κ3) is 2.41. The second-order valence-electron chi connectivity index (χ2n) is 5.79. The highest BCUT2D eigenvalue weighted by molar-refractivity contribution is 5.78. The summed E-state index contributed by atoms with van der Waals surface area (Å²) in [6.07, 6.45) is 9.35. The van der Waals surface area contributed by atoms with Crippen LogP contribution in [0.5, 0.6) is 0 Å². The summed E-state index contributed by atoms with van der Waals surface area (Å²) in [7, 11) is 0. The van der Waals surface area contributed by atoms with E-state index < -0.39 is 0 Å². The van der Waals surface area contributed by atoms with E-state index >= 15 is 0 Å². The summed E-state index contributed by atoms with van der Waals surface area (Å²) >= 11 is 0. The van der Waals surface area contributed by atoms with Crippen LogP contribution >= 0.6 is 0 Å². The smallest absolute Gasteiger partial charge is 0.225 e. The standard InChI is InChI=1S/C14H25NO/c1-11(2)14(16)15-10-6-9-13(15)12-7-4-3-5-8-12/h11-13H,3-10H2,1-2H3. The largest absolute Gasteiger partial charge is 0.339 e. The highest BCUT2D eigenvalue weighted by atomic mass is 16.2. The Bertz CT molecular complexity index is 243. The predicted octanol–water partition coefficient (Wildman–Crippen LogP) is 3.21. The summed E-state index contributed by atoms with van der Waals surface area (Å²) < 4.78 is 0. The molecule has 2 heteroatoms. The lowest BCUT2D eigenvalue weighted by Gasteiger charge is -2.35. The van der Waals surface area contributed by atoms with Gasteiger partial charge in [0.05, 0.1) is 0 Å². The molecule has 0 radical (unpaired) electrons. The Morgan fingerprint density at radius 1 is 1.06 bits per heavy atom. The first-order chi connectivity index (χ1) is 7.70. The van der Waals surface area contributed by atoms with E-state index in [4.69, 9.17) is 0 Å². The SMILES string of the molecule is CC(C)C(=O)N1CCCC1C1CCCCC1. The van der Waals surface area contributed by atoms with Crippen molar-refractivity contribution in [3.8, 4) is 0 Å². The molecule has 0 N–H and O–H groups in total. The molecule has 92 valence electrons. The van der Waals surface area contributed by atoms with E-state index in [0.717, 1.165) is 12.5 Å². The number of hydrogen-bond donors (Lipinski definition) is 0. The summed E-state index contributed by atoms with van der Waals surface area (Å²) in [5.41, 5.74) is 0. The van der Waals surface area contributed by atoms with Gasteiger partial charge < -0.3 is 4.90 Å². The van der Waals surface area contributed by atoms with Gasteiger partial charge >= 0.3 is 0 Å². The lowest BCUT2D eigenvalue weighted by molar-refractivity contribution is -0.136. The van der Waals surface area contributed by atoms with Crippen LogP contribution in [-0.4, -0.2) is 23.4 Å². The summed E-state index contributed by atoms with van der Waals surface area (Å²) in [6, 6.07) is 0.579. The summed E-state index contributed by atoms with van der Waals surface area (Å²) in [5, 5.41) is 0. The summed E-state index contributed by atoms with van der Waals surface area (Å²) in [6.45, 7) is 5.06. The first-order valence-electron chi connectivity index (χ1n) is 7.00. The molecule has 1 aliphatic heterocycles. The minimum absolute atomic E-state index is 0.171. The van der Waals surface area contributed by atoms with Gasteiger partial charge in [0.1, 0.15) is 0 Å². The van der Waals surface area contributed by atoms with E-state index in [9.17, 15) is 4.79 Å². The molecule has 1 amide bonds. The van der Waals surface area contributed by atoms with Crippen LogP contribution in [0.25, 0.3) is 0 Å². The summed E-state index contributed by atoms with van der Waals surface area (Å²) in [4.78, 5) is 14.3. The van der Waals surface area contributed by atoms with E-state index in [1.165, 1.54) is 44.9 Å². The van der Waals surface area contributed by atoms with Gasteiger partial charge in [0, 0.05) is 18.5 Å². The van der Waals surface area contributed by atoms with Crippen LogP contribution in [0.3, 0.4) is 0 Å². The first-order valence-corrected chi connectivity index (χ1v) is 7.00. The van der Waals surface area contributed by atoms with E-state index in [0.29, 0.717) is 11.9 Å². The minimum Gasteiger partial charge on any atom is -0.339 e. The van der Waals surface area contributed by atoms with Gasteiger partial charge in [-0.3, -0.25) is 4.79 Å². The van der Waals surface area contributed by atoms with E-state index in [1.807, 2.05) is 13.8 Å².